The van der Waals surface area contributed by atoms with Crippen LogP contribution in [-0.2, 0) is 15.6 Å². The molecule has 2 aromatic carbocycles. The molecule has 0 bridgehead atoms. The molecule has 174 valence electrons. The van der Waals surface area contributed by atoms with E-state index in [4.69, 9.17) is 9.47 Å². The fourth-order valence-electron chi connectivity index (χ4n) is 3.42. The van der Waals surface area contributed by atoms with Crippen LogP contribution in [-0.4, -0.2) is 13.2 Å². The molecule has 32 heavy (non-hydrogen) atoms. The topological polar surface area (TPSA) is 27.7 Å². The molecule has 0 amide bonds. The molecule has 0 radical (unpaired) electrons. The highest BCUT2D eigenvalue weighted by molar-refractivity contribution is 5.50. The molecule has 1 heterocycles. The minimum absolute atomic E-state index is 0.110. The molecule has 0 spiro atoms. The van der Waals surface area contributed by atoms with Crippen LogP contribution in [0.15, 0.2) is 30.8 Å². The van der Waals surface area contributed by atoms with Crippen LogP contribution in [0.1, 0.15) is 49.2 Å². The van der Waals surface area contributed by atoms with Gasteiger partial charge in [-0.25, -0.2) is 17.6 Å². The fraction of sp³-hybridized carbons (Fsp3) is 0.391. The number of halogens is 6. The lowest BCUT2D eigenvalue weighted by atomic mass is 10.0. The minimum atomic E-state index is -4.55. The second kappa shape index (κ2) is 9.95. The number of unbranched alkanes of at least 4 members (excludes halogenated alkanes) is 1. The van der Waals surface area contributed by atoms with Crippen molar-refractivity contribution >= 4 is 6.08 Å². The van der Waals surface area contributed by atoms with Crippen LogP contribution in [0.3, 0.4) is 0 Å². The summed E-state index contributed by atoms with van der Waals surface area (Å²) in [7, 11) is 0. The largest absolute Gasteiger partial charge is 0.432 e. The quantitative estimate of drug-likeness (QED) is 0.403. The molecule has 1 aliphatic heterocycles. The molecule has 0 N–H and O–H groups in total. The van der Waals surface area contributed by atoms with E-state index in [1.807, 2.05) is 6.92 Å². The highest BCUT2D eigenvalue weighted by Gasteiger charge is 2.42. The molecule has 0 aliphatic carbocycles. The Hall–Kier alpha value is -2.52. The van der Waals surface area contributed by atoms with E-state index in [0.717, 1.165) is 25.3 Å². The summed E-state index contributed by atoms with van der Waals surface area (Å²) in [5.41, 5.74) is -2.36. The number of rotatable bonds is 8. The first-order valence-electron chi connectivity index (χ1n) is 10.1. The van der Waals surface area contributed by atoms with E-state index in [2.05, 4.69) is 11.3 Å². The summed E-state index contributed by atoms with van der Waals surface area (Å²) in [5, 5.41) is 0. The van der Waals surface area contributed by atoms with E-state index in [1.165, 1.54) is 0 Å². The van der Waals surface area contributed by atoms with Crippen molar-refractivity contribution in [3.8, 4) is 5.75 Å². The van der Waals surface area contributed by atoms with E-state index < -0.39 is 52.5 Å². The smallest absolute Gasteiger partial charge is 0.429 e. The summed E-state index contributed by atoms with van der Waals surface area (Å²) in [6.07, 6.45) is -1.93. The average Bonchev–Trinajstić information content (AvgIpc) is 2.71. The summed E-state index contributed by atoms with van der Waals surface area (Å²) in [6, 6.07) is 2.26. The Kier molecular flexibility index (Phi) is 7.51. The number of benzene rings is 2. The highest BCUT2D eigenvalue weighted by atomic mass is 19.3. The first-order valence-corrected chi connectivity index (χ1v) is 10.1. The fourth-order valence-corrected chi connectivity index (χ4v) is 3.42. The predicted octanol–water partition coefficient (Wildman–Crippen LogP) is 6.87. The lowest BCUT2D eigenvalue weighted by Gasteiger charge is -2.30. The zero-order valence-electron chi connectivity index (χ0n) is 17.3. The summed E-state index contributed by atoms with van der Waals surface area (Å²) in [6.45, 7) is 5.87. The Morgan fingerprint density at radius 2 is 1.56 bits per heavy atom. The number of hydrogen-bond acceptors (Lipinski definition) is 3. The summed E-state index contributed by atoms with van der Waals surface area (Å²) >= 11 is 0. The Balaban J connectivity index is 1.79. The molecule has 2 aromatic rings. The Morgan fingerprint density at radius 1 is 1.00 bits per heavy atom. The van der Waals surface area contributed by atoms with Gasteiger partial charge in [0.2, 0.25) is 0 Å². The van der Waals surface area contributed by atoms with Crippen molar-refractivity contribution < 1.29 is 40.6 Å². The van der Waals surface area contributed by atoms with Gasteiger partial charge in [-0.3, -0.25) is 0 Å². The van der Waals surface area contributed by atoms with Crippen molar-refractivity contribution in [3.05, 3.63) is 70.8 Å². The van der Waals surface area contributed by atoms with Gasteiger partial charge in [0.25, 0.3) is 0 Å². The van der Waals surface area contributed by atoms with Gasteiger partial charge in [0.15, 0.2) is 6.29 Å². The van der Waals surface area contributed by atoms with Crippen LogP contribution in [0.5, 0.6) is 5.75 Å². The van der Waals surface area contributed by atoms with Gasteiger partial charge in [-0.2, -0.15) is 8.78 Å². The lowest BCUT2D eigenvalue weighted by Crippen LogP contribution is -2.28. The first kappa shape index (κ1) is 24.1. The molecule has 1 saturated heterocycles. The second-order valence-electron chi connectivity index (χ2n) is 7.49. The number of ether oxygens (including phenoxy) is 3. The molecule has 0 aromatic heterocycles. The zero-order valence-corrected chi connectivity index (χ0v) is 17.3. The molecule has 0 saturated carbocycles. The summed E-state index contributed by atoms with van der Waals surface area (Å²) in [4.78, 5) is 0. The molecule has 0 unspecified atom stereocenters. The SMILES string of the molecule is C=Cc1c(F)cc(OC(F)(F)c2c(F)cc(C3OCC(CCCC)CO3)cc2F)cc1F. The normalized spacial score (nSPS) is 19.1. The van der Waals surface area contributed by atoms with E-state index in [9.17, 15) is 26.3 Å². The molecule has 1 fully saturated rings. The standard InChI is InChI=1S/C23H22F6O3/c1-3-5-6-13-11-30-22(31-12-13)14-7-19(26)21(20(27)8-14)23(28,29)32-15-9-17(24)16(4-2)18(25)10-15/h4,7-10,13,22H,2-3,5-6,11-12H2,1H3. The van der Waals surface area contributed by atoms with Crippen LogP contribution in [0.25, 0.3) is 6.08 Å². The van der Waals surface area contributed by atoms with E-state index >= 15 is 0 Å². The molecule has 3 rings (SSSR count). The Bertz CT molecular complexity index is 924. The second-order valence-corrected chi connectivity index (χ2v) is 7.49. The van der Waals surface area contributed by atoms with Gasteiger partial charge in [0.1, 0.15) is 34.6 Å². The van der Waals surface area contributed by atoms with Crippen LogP contribution < -0.4 is 4.74 Å². The van der Waals surface area contributed by atoms with Crippen molar-refractivity contribution in [3.63, 3.8) is 0 Å². The zero-order chi connectivity index (χ0) is 23.5. The van der Waals surface area contributed by atoms with E-state index in [0.29, 0.717) is 37.5 Å². The molecule has 9 heteroatoms. The van der Waals surface area contributed by atoms with Gasteiger partial charge >= 0.3 is 6.11 Å². The highest BCUT2D eigenvalue weighted by Crippen LogP contribution is 2.38. The number of alkyl halides is 2. The van der Waals surface area contributed by atoms with Crippen molar-refractivity contribution in [2.24, 2.45) is 5.92 Å². The van der Waals surface area contributed by atoms with Gasteiger partial charge in [-0.1, -0.05) is 32.4 Å². The maximum Gasteiger partial charge on any atom is 0.432 e. The van der Waals surface area contributed by atoms with Gasteiger partial charge in [-0.15, -0.1) is 0 Å². The van der Waals surface area contributed by atoms with Crippen LogP contribution in [0, 0.1) is 29.2 Å². The molecular weight excluding hydrogens is 438 g/mol. The minimum Gasteiger partial charge on any atom is -0.429 e. The van der Waals surface area contributed by atoms with Crippen LogP contribution in [0.4, 0.5) is 26.3 Å². The predicted molar refractivity (Wildman–Crippen MR) is 105 cm³/mol. The van der Waals surface area contributed by atoms with Crippen molar-refractivity contribution in [2.75, 3.05) is 13.2 Å². The lowest BCUT2D eigenvalue weighted by molar-refractivity contribution is -0.206. The van der Waals surface area contributed by atoms with Gasteiger partial charge < -0.3 is 14.2 Å². The molecule has 0 atom stereocenters. The molecule has 1 aliphatic rings. The summed E-state index contributed by atoms with van der Waals surface area (Å²) < 4.78 is 101. The average molecular weight is 460 g/mol. The number of hydrogen-bond donors (Lipinski definition) is 0. The van der Waals surface area contributed by atoms with Crippen molar-refractivity contribution in [2.45, 2.75) is 38.6 Å². The van der Waals surface area contributed by atoms with E-state index in [-0.39, 0.29) is 11.5 Å². The molecule has 3 nitrogen and oxygen atoms in total. The van der Waals surface area contributed by atoms with Crippen molar-refractivity contribution in [1.29, 1.82) is 0 Å². The Morgan fingerprint density at radius 3 is 2.06 bits per heavy atom. The Labute approximate surface area is 181 Å². The molecular formula is C23H22F6O3. The maximum absolute atomic E-state index is 14.5. The van der Waals surface area contributed by atoms with Crippen LogP contribution >= 0.6 is 0 Å². The van der Waals surface area contributed by atoms with E-state index in [1.54, 1.807) is 0 Å². The maximum atomic E-state index is 14.5. The third kappa shape index (κ3) is 5.27. The van der Waals surface area contributed by atoms with Gasteiger partial charge in [0, 0.05) is 29.2 Å². The van der Waals surface area contributed by atoms with Gasteiger partial charge in [0.05, 0.1) is 13.2 Å². The third-order valence-electron chi connectivity index (χ3n) is 5.06. The summed E-state index contributed by atoms with van der Waals surface area (Å²) in [5.74, 6) is -6.47. The first-order chi connectivity index (χ1) is 15.2. The monoisotopic (exact) mass is 460 g/mol. The van der Waals surface area contributed by atoms with Gasteiger partial charge in [-0.05, 0) is 18.6 Å². The third-order valence-corrected chi connectivity index (χ3v) is 5.06. The van der Waals surface area contributed by atoms with Crippen molar-refractivity contribution in [1.82, 2.24) is 0 Å². The van der Waals surface area contributed by atoms with Crippen LogP contribution in [0.2, 0.25) is 0 Å².